The van der Waals surface area contributed by atoms with Crippen LogP contribution >= 0.6 is 0 Å². The van der Waals surface area contributed by atoms with Crippen molar-refractivity contribution in [1.29, 1.82) is 0 Å². The van der Waals surface area contributed by atoms with E-state index in [1.807, 2.05) is 13.0 Å². The molecule has 136 valence electrons. The number of fused-ring (bicyclic) bond motifs is 1. The van der Waals surface area contributed by atoms with Crippen molar-refractivity contribution in [3.05, 3.63) is 29.7 Å². The number of rotatable bonds is 6. The third kappa shape index (κ3) is 3.77. The van der Waals surface area contributed by atoms with E-state index < -0.39 is 9.84 Å². The van der Waals surface area contributed by atoms with E-state index in [1.165, 1.54) is 6.26 Å². The molecular formula is C18H25N3O3S. The lowest BCUT2D eigenvalue weighted by Gasteiger charge is -2.33. The third-order valence-electron chi connectivity index (χ3n) is 4.84. The summed E-state index contributed by atoms with van der Waals surface area (Å²) in [6.45, 7) is 4.05. The van der Waals surface area contributed by atoms with E-state index in [2.05, 4.69) is 16.9 Å². The molecule has 0 amide bonds. The summed E-state index contributed by atoms with van der Waals surface area (Å²) in [6.07, 6.45) is 7.62. The van der Waals surface area contributed by atoms with Crippen LogP contribution < -0.4 is 10.5 Å². The second kappa shape index (κ2) is 6.88. The summed E-state index contributed by atoms with van der Waals surface area (Å²) in [7, 11) is -2.99. The van der Waals surface area contributed by atoms with Crippen LogP contribution in [0, 0.1) is 6.92 Å². The van der Waals surface area contributed by atoms with Gasteiger partial charge in [-0.05, 0) is 30.4 Å². The first-order valence-electron chi connectivity index (χ1n) is 8.66. The van der Waals surface area contributed by atoms with Gasteiger partial charge in [-0.3, -0.25) is 4.98 Å². The Labute approximate surface area is 148 Å². The van der Waals surface area contributed by atoms with Crippen LogP contribution in [0.2, 0.25) is 0 Å². The number of nitrogens with zero attached hydrogens (tertiary/aromatic N) is 2. The molecular weight excluding hydrogens is 338 g/mol. The topological polar surface area (TPSA) is 95.2 Å². The number of hydrogen-bond acceptors (Lipinski definition) is 6. The van der Waals surface area contributed by atoms with E-state index in [9.17, 15) is 8.42 Å². The molecule has 0 bridgehead atoms. The molecule has 1 saturated carbocycles. The van der Waals surface area contributed by atoms with Gasteiger partial charge in [0, 0.05) is 43.2 Å². The molecule has 6 nitrogen and oxygen atoms in total. The molecule has 1 aliphatic rings. The predicted molar refractivity (Wildman–Crippen MR) is 98.4 cm³/mol. The monoisotopic (exact) mass is 363 g/mol. The van der Waals surface area contributed by atoms with Crippen LogP contribution in [0.15, 0.2) is 18.5 Å². The van der Waals surface area contributed by atoms with Crippen LogP contribution in [0.5, 0.6) is 5.88 Å². The molecule has 0 aromatic carbocycles. The van der Waals surface area contributed by atoms with Crippen molar-refractivity contribution in [3.63, 3.8) is 0 Å². The van der Waals surface area contributed by atoms with Crippen molar-refractivity contribution >= 4 is 20.6 Å². The summed E-state index contributed by atoms with van der Waals surface area (Å²) in [5, 5.41) is 1.54. The molecule has 2 N–H and O–H groups in total. The lowest BCUT2D eigenvalue weighted by molar-refractivity contribution is 0.119. The number of aromatic nitrogens is 2. The molecule has 0 spiro atoms. The largest absolute Gasteiger partial charge is 0.474 e. The number of aryl methyl sites for hydroxylation is 1. The smallest absolute Gasteiger partial charge is 0.223 e. The first kappa shape index (κ1) is 18.1. The van der Waals surface area contributed by atoms with Crippen LogP contribution in [-0.2, 0) is 9.84 Å². The van der Waals surface area contributed by atoms with Gasteiger partial charge in [0.15, 0.2) is 9.84 Å². The molecule has 2 heterocycles. The Balaban J connectivity index is 1.89. The quantitative estimate of drug-likeness (QED) is 0.848. The minimum absolute atomic E-state index is 0.0748. The fourth-order valence-electron chi connectivity index (χ4n) is 3.21. The Hall–Kier alpha value is -1.73. The van der Waals surface area contributed by atoms with Gasteiger partial charge in [0.1, 0.15) is 6.10 Å². The Bertz CT molecular complexity index is 877. The second-order valence-corrected chi connectivity index (χ2v) is 9.27. The van der Waals surface area contributed by atoms with E-state index in [0.29, 0.717) is 18.7 Å². The van der Waals surface area contributed by atoms with Gasteiger partial charge in [0.2, 0.25) is 5.88 Å². The number of nitrogens with two attached hydrogens (primary N) is 1. The molecule has 1 fully saturated rings. The molecule has 25 heavy (non-hydrogen) atoms. The molecule has 0 saturated heterocycles. The second-order valence-electron chi connectivity index (χ2n) is 6.95. The standard InChI is InChI=1S/C18H25N3O3S/c1-4-5-17(19)15-9-21-18(16-10-20-11(2)6-14(15)16)24-12-7-13(8-12)25(3,22)23/h6,9-10,12-13,17H,4-5,7-8,19H2,1-3H3/t12?,13?,17-/m0/s1. The lowest BCUT2D eigenvalue weighted by atomic mass is 9.95. The van der Waals surface area contributed by atoms with Gasteiger partial charge in [-0.25, -0.2) is 13.4 Å². The summed E-state index contributed by atoms with van der Waals surface area (Å²) in [4.78, 5) is 8.82. The summed E-state index contributed by atoms with van der Waals surface area (Å²) in [5.41, 5.74) is 8.22. The number of pyridine rings is 2. The summed E-state index contributed by atoms with van der Waals surface area (Å²) >= 11 is 0. The van der Waals surface area contributed by atoms with Crippen LogP contribution in [0.25, 0.3) is 10.8 Å². The molecule has 0 aliphatic heterocycles. The Kier molecular flexibility index (Phi) is 4.97. The SMILES string of the molecule is CCC[C@H](N)c1cnc(OC2CC(S(C)(=O)=O)C2)c2cnc(C)cc12. The molecule has 7 heteroatoms. The van der Waals surface area contributed by atoms with Gasteiger partial charge in [0.25, 0.3) is 0 Å². The summed E-state index contributed by atoms with van der Waals surface area (Å²) in [5.74, 6) is 0.506. The highest BCUT2D eigenvalue weighted by Gasteiger charge is 2.38. The van der Waals surface area contributed by atoms with Gasteiger partial charge in [-0.2, -0.15) is 0 Å². The first-order valence-corrected chi connectivity index (χ1v) is 10.6. The Morgan fingerprint density at radius 1 is 1.28 bits per heavy atom. The molecule has 1 aliphatic carbocycles. The highest BCUT2D eigenvalue weighted by atomic mass is 32.2. The van der Waals surface area contributed by atoms with Crippen LogP contribution in [-0.4, -0.2) is 36.0 Å². The lowest BCUT2D eigenvalue weighted by Crippen LogP contribution is -2.42. The van der Waals surface area contributed by atoms with Crippen molar-refractivity contribution < 1.29 is 13.2 Å². The average Bonchev–Trinajstić information content (AvgIpc) is 2.48. The van der Waals surface area contributed by atoms with Crippen molar-refractivity contribution in [3.8, 4) is 5.88 Å². The zero-order valence-corrected chi connectivity index (χ0v) is 15.7. The zero-order valence-electron chi connectivity index (χ0n) is 14.9. The van der Waals surface area contributed by atoms with Crippen molar-refractivity contribution in [1.82, 2.24) is 9.97 Å². The molecule has 2 aromatic rings. The maximum Gasteiger partial charge on any atom is 0.223 e. The van der Waals surface area contributed by atoms with E-state index in [1.54, 1.807) is 12.4 Å². The minimum Gasteiger partial charge on any atom is -0.474 e. The Morgan fingerprint density at radius 3 is 2.64 bits per heavy atom. The normalized spacial score (nSPS) is 21.8. The van der Waals surface area contributed by atoms with Gasteiger partial charge >= 0.3 is 0 Å². The third-order valence-corrected chi connectivity index (χ3v) is 6.43. The fraction of sp³-hybridized carbons (Fsp3) is 0.556. The van der Waals surface area contributed by atoms with Gasteiger partial charge in [-0.15, -0.1) is 0 Å². The molecule has 0 unspecified atom stereocenters. The van der Waals surface area contributed by atoms with Gasteiger partial charge in [-0.1, -0.05) is 13.3 Å². The van der Waals surface area contributed by atoms with E-state index >= 15 is 0 Å². The molecule has 1 atom stereocenters. The van der Waals surface area contributed by atoms with Crippen molar-refractivity contribution in [2.75, 3.05) is 6.26 Å². The summed E-state index contributed by atoms with van der Waals surface area (Å²) in [6, 6.07) is 1.93. The Morgan fingerprint density at radius 2 is 2.00 bits per heavy atom. The maximum atomic E-state index is 11.5. The van der Waals surface area contributed by atoms with E-state index in [-0.39, 0.29) is 17.4 Å². The van der Waals surface area contributed by atoms with E-state index in [4.69, 9.17) is 10.5 Å². The van der Waals surface area contributed by atoms with Crippen LogP contribution in [0.4, 0.5) is 0 Å². The zero-order chi connectivity index (χ0) is 18.2. The molecule has 0 radical (unpaired) electrons. The van der Waals surface area contributed by atoms with Crippen molar-refractivity contribution in [2.24, 2.45) is 5.73 Å². The number of hydrogen-bond donors (Lipinski definition) is 1. The highest BCUT2D eigenvalue weighted by Crippen LogP contribution is 2.35. The minimum atomic E-state index is -2.99. The predicted octanol–water partition coefficient (Wildman–Crippen LogP) is 2.69. The van der Waals surface area contributed by atoms with Gasteiger partial charge < -0.3 is 10.5 Å². The van der Waals surface area contributed by atoms with E-state index in [0.717, 1.165) is 34.9 Å². The van der Waals surface area contributed by atoms with Gasteiger partial charge in [0.05, 0.1) is 10.6 Å². The summed E-state index contributed by atoms with van der Waals surface area (Å²) < 4.78 is 29.1. The van der Waals surface area contributed by atoms with Crippen LogP contribution in [0.3, 0.4) is 0 Å². The maximum absolute atomic E-state index is 11.5. The highest BCUT2D eigenvalue weighted by molar-refractivity contribution is 7.91. The number of sulfone groups is 1. The first-order chi connectivity index (χ1) is 11.8. The molecule has 3 rings (SSSR count). The molecule has 2 aromatic heterocycles. The van der Waals surface area contributed by atoms with Crippen molar-refractivity contribution in [2.45, 2.75) is 56.9 Å². The number of ether oxygens (including phenoxy) is 1. The average molecular weight is 363 g/mol. The van der Waals surface area contributed by atoms with Crippen LogP contribution in [0.1, 0.15) is 49.9 Å². The fourth-order valence-corrected chi connectivity index (χ4v) is 4.34.